The van der Waals surface area contributed by atoms with Gasteiger partial charge in [0.1, 0.15) is 0 Å². The largest absolute Gasteiger partial charge is 0.264 e. The third kappa shape index (κ3) is 5.44. The molecule has 44 heavy (non-hydrogen) atoms. The molecule has 0 unspecified atom stereocenters. The third-order valence-electron chi connectivity index (χ3n) is 7.13. The number of hydrogen-bond acceptors (Lipinski definition) is 8. The van der Waals surface area contributed by atoms with Crippen molar-refractivity contribution in [2.45, 2.75) is 0 Å². The molecule has 8 aromatic heterocycles. The predicted octanol–water partition coefficient (Wildman–Crippen LogP) is 11.2. The van der Waals surface area contributed by atoms with Crippen LogP contribution in [0.5, 0.6) is 0 Å². The van der Waals surface area contributed by atoms with E-state index < -0.39 is 0 Å². The second-order valence-electron chi connectivity index (χ2n) is 9.98. The van der Waals surface area contributed by atoms with Gasteiger partial charge in [-0.15, -0.1) is 45.3 Å². The van der Waals surface area contributed by atoms with E-state index in [1.54, 1.807) is 28.9 Å². The van der Waals surface area contributed by atoms with Crippen molar-refractivity contribution in [1.29, 1.82) is 0 Å². The lowest BCUT2D eigenvalue weighted by atomic mass is 10.1. The summed E-state index contributed by atoms with van der Waals surface area (Å²) in [5, 5.41) is 0. The molecule has 0 saturated heterocycles. The molecule has 0 spiro atoms. The lowest BCUT2D eigenvalue weighted by Crippen LogP contribution is -1.85. The normalized spacial score (nSPS) is 11.2. The van der Waals surface area contributed by atoms with Gasteiger partial charge in [0.2, 0.25) is 0 Å². The lowest BCUT2D eigenvalue weighted by molar-refractivity contribution is 1.28. The van der Waals surface area contributed by atoms with Crippen molar-refractivity contribution in [3.05, 3.63) is 134 Å². The average molecular weight is 639 g/mol. The first-order valence-corrected chi connectivity index (χ1v) is 17.2. The molecule has 0 saturated carbocycles. The first-order chi connectivity index (χ1) is 21.8. The van der Waals surface area contributed by atoms with Crippen molar-refractivity contribution in [3.8, 4) is 72.8 Å². The van der Waals surface area contributed by atoms with Gasteiger partial charge in [0.25, 0.3) is 0 Å². The highest BCUT2D eigenvalue weighted by Crippen LogP contribution is 2.44. The summed E-state index contributed by atoms with van der Waals surface area (Å²) < 4.78 is 0. The van der Waals surface area contributed by atoms with E-state index in [1.807, 2.05) is 77.8 Å². The molecule has 0 aliphatic carbocycles. The van der Waals surface area contributed by atoms with Gasteiger partial charge >= 0.3 is 0 Å². The summed E-state index contributed by atoms with van der Waals surface area (Å²) >= 11 is 7.27. The number of hydrogen-bond donors (Lipinski definition) is 0. The minimum Gasteiger partial charge on any atom is -0.264 e. The molecule has 0 radical (unpaired) electrons. The Hall–Kier alpha value is -4.60. The minimum absolute atomic E-state index is 0.933. The van der Waals surface area contributed by atoms with E-state index in [9.17, 15) is 0 Å². The SMILES string of the molecule is c1ccc(-c2ccc(-c3ccc(-c4ccc(-c5ccc(-c6ccc(-c7ccc(-c8cccnc8)nc7)s6)s5)s4)s3)nc2)nc1. The van der Waals surface area contributed by atoms with Crippen LogP contribution >= 0.6 is 45.3 Å². The van der Waals surface area contributed by atoms with Crippen LogP contribution in [0.2, 0.25) is 0 Å². The second-order valence-corrected chi connectivity index (χ2v) is 14.3. The highest BCUT2D eigenvalue weighted by molar-refractivity contribution is 7.29. The quantitative estimate of drug-likeness (QED) is 0.174. The van der Waals surface area contributed by atoms with Crippen LogP contribution in [0.4, 0.5) is 0 Å². The molecule has 0 aliphatic rings. The molecule has 8 aromatic rings. The highest BCUT2D eigenvalue weighted by atomic mass is 32.1. The van der Waals surface area contributed by atoms with E-state index in [1.165, 1.54) is 34.1 Å². The minimum atomic E-state index is 0.933. The van der Waals surface area contributed by atoms with Crippen molar-refractivity contribution < 1.29 is 0 Å². The number of rotatable bonds is 7. The van der Waals surface area contributed by atoms with Crippen LogP contribution in [0, 0.1) is 0 Å². The van der Waals surface area contributed by atoms with Crippen LogP contribution in [0.25, 0.3) is 72.8 Å². The summed E-state index contributed by atoms with van der Waals surface area (Å²) in [6.45, 7) is 0. The van der Waals surface area contributed by atoms with Crippen molar-refractivity contribution >= 4 is 45.3 Å². The van der Waals surface area contributed by atoms with Crippen molar-refractivity contribution in [1.82, 2.24) is 19.9 Å². The Balaban J connectivity index is 0.972. The Morgan fingerprint density at radius 1 is 0.318 bits per heavy atom. The zero-order valence-corrected chi connectivity index (χ0v) is 26.4. The van der Waals surface area contributed by atoms with E-state index >= 15 is 0 Å². The molecule has 8 heteroatoms. The molecule has 0 atom stereocenters. The molecule has 8 rings (SSSR count). The maximum Gasteiger partial charge on any atom is 0.0802 e. The molecule has 4 nitrogen and oxygen atoms in total. The molecule has 210 valence electrons. The topological polar surface area (TPSA) is 51.6 Å². The molecule has 0 aliphatic heterocycles. The van der Waals surface area contributed by atoms with Gasteiger partial charge in [0.05, 0.1) is 22.0 Å². The predicted molar refractivity (Wildman–Crippen MR) is 187 cm³/mol. The van der Waals surface area contributed by atoms with Gasteiger partial charge in [0.15, 0.2) is 0 Å². The van der Waals surface area contributed by atoms with Crippen LogP contribution in [0.1, 0.15) is 0 Å². The Kier molecular flexibility index (Phi) is 7.25. The first-order valence-electron chi connectivity index (χ1n) is 13.9. The zero-order chi connectivity index (χ0) is 29.3. The first kappa shape index (κ1) is 27.0. The summed E-state index contributed by atoms with van der Waals surface area (Å²) in [5.74, 6) is 0. The summed E-state index contributed by atoms with van der Waals surface area (Å²) in [6, 6.07) is 36.0. The van der Waals surface area contributed by atoms with E-state index in [0.29, 0.717) is 0 Å². The van der Waals surface area contributed by atoms with Gasteiger partial charge in [-0.25, -0.2) is 0 Å². The molecule has 0 N–H and O–H groups in total. The van der Waals surface area contributed by atoms with Crippen LogP contribution in [-0.4, -0.2) is 19.9 Å². The number of aromatic nitrogens is 4. The van der Waals surface area contributed by atoms with Crippen LogP contribution in [0.15, 0.2) is 134 Å². The summed E-state index contributed by atoms with van der Waals surface area (Å²) in [5.41, 5.74) is 6.03. The van der Waals surface area contributed by atoms with Crippen LogP contribution in [0.3, 0.4) is 0 Å². The summed E-state index contributed by atoms with van der Waals surface area (Å²) in [4.78, 5) is 28.1. The molecule has 0 bridgehead atoms. The van der Waals surface area contributed by atoms with Gasteiger partial charge in [-0.2, -0.15) is 0 Å². The van der Waals surface area contributed by atoms with Crippen molar-refractivity contribution in [2.24, 2.45) is 0 Å². The van der Waals surface area contributed by atoms with E-state index in [0.717, 1.165) is 38.6 Å². The Morgan fingerprint density at radius 3 is 1.41 bits per heavy atom. The van der Waals surface area contributed by atoms with E-state index in [-0.39, 0.29) is 0 Å². The van der Waals surface area contributed by atoms with Gasteiger partial charge < -0.3 is 0 Å². The zero-order valence-electron chi connectivity index (χ0n) is 23.1. The smallest absolute Gasteiger partial charge is 0.0802 e. The number of pyridine rings is 4. The fourth-order valence-corrected chi connectivity index (χ4v) is 9.15. The van der Waals surface area contributed by atoms with Gasteiger partial charge in [-0.3, -0.25) is 19.9 Å². The maximum atomic E-state index is 4.72. The molecule has 8 heterocycles. The fraction of sp³-hybridized carbons (Fsp3) is 0. The van der Waals surface area contributed by atoms with Crippen LogP contribution in [-0.2, 0) is 0 Å². The Morgan fingerprint density at radius 2 is 0.841 bits per heavy atom. The lowest BCUT2D eigenvalue weighted by Gasteiger charge is -2.01. The van der Waals surface area contributed by atoms with Crippen molar-refractivity contribution in [3.63, 3.8) is 0 Å². The Bertz CT molecular complexity index is 2000. The van der Waals surface area contributed by atoms with E-state index in [4.69, 9.17) is 4.98 Å². The van der Waals surface area contributed by atoms with E-state index in [2.05, 4.69) is 87.7 Å². The second kappa shape index (κ2) is 11.8. The molecule has 0 amide bonds. The maximum absolute atomic E-state index is 4.72. The van der Waals surface area contributed by atoms with Gasteiger partial charge in [-0.05, 0) is 97.1 Å². The molecule has 0 aromatic carbocycles. The Labute approximate surface area is 270 Å². The van der Waals surface area contributed by atoms with Gasteiger partial charge in [-0.1, -0.05) is 6.07 Å². The monoisotopic (exact) mass is 638 g/mol. The summed E-state index contributed by atoms with van der Waals surface area (Å²) in [7, 11) is 0. The summed E-state index contributed by atoms with van der Waals surface area (Å²) in [6.07, 6.45) is 9.29. The highest BCUT2D eigenvalue weighted by Gasteiger charge is 2.13. The number of nitrogens with zero attached hydrogens (tertiary/aromatic N) is 4. The van der Waals surface area contributed by atoms with Gasteiger partial charge in [0, 0.05) is 81.8 Å². The van der Waals surface area contributed by atoms with Crippen molar-refractivity contribution in [2.75, 3.05) is 0 Å². The molecule has 0 fully saturated rings. The average Bonchev–Trinajstić information content (AvgIpc) is 3.92. The van der Waals surface area contributed by atoms with Crippen LogP contribution < -0.4 is 0 Å². The molecular formula is C36H22N4S4. The standard InChI is InChI=1S/C36H22N4S4/c1-2-19-38-26(5-1)24-6-9-28(40-21-24)30-11-13-32(42-30)34-15-17-36(44-34)35-16-14-33(43-35)31-12-10-29(41-31)25-7-8-27(39-22-25)23-4-3-18-37-20-23/h1-22H. The molecular weight excluding hydrogens is 617 g/mol. The number of thiophene rings is 4. The fourth-order valence-electron chi connectivity index (χ4n) is 4.89. The third-order valence-corrected chi connectivity index (χ3v) is 12.1.